The van der Waals surface area contributed by atoms with Crippen molar-refractivity contribution in [3.05, 3.63) is 101 Å². The number of benzene rings is 2. The molecule has 0 aliphatic carbocycles. The van der Waals surface area contributed by atoms with Crippen molar-refractivity contribution in [3.8, 4) is 11.8 Å². The van der Waals surface area contributed by atoms with Crippen LogP contribution in [0, 0.1) is 11.8 Å². The van der Waals surface area contributed by atoms with Crippen LogP contribution in [0.15, 0.2) is 77.5 Å². The number of piperidine rings is 1. The van der Waals surface area contributed by atoms with Crippen LogP contribution in [0.2, 0.25) is 0 Å². The van der Waals surface area contributed by atoms with Crippen LogP contribution in [0.25, 0.3) is 11.0 Å². The molecule has 1 saturated heterocycles. The zero-order chi connectivity index (χ0) is 31.3. The molecule has 11 heteroatoms. The second kappa shape index (κ2) is 13.0. The molecule has 0 spiro atoms. The lowest BCUT2D eigenvalue weighted by Gasteiger charge is -2.27. The summed E-state index contributed by atoms with van der Waals surface area (Å²) in [4.78, 5) is 67.8. The summed E-state index contributed by atoms with van der Waals surface area (Å²) in [5.41, 5.74) is 2.38. The largest absolute Gasteiger partial charge is 0.459 e. The lowest BCUT2D eigenvalue weighted by Crippen LogP contribution is -2.54. The molecular weight excluding hydrogens is 574 g/mol. The Hall–Kier alpha value is -5.60. The first-order valence-corrected chi connectivity index (χ1v) is 14.6. The van der Waals surface area contributed by atoms with Crippen molar-refractivity contribution in [2.45, 2.75) is 37.8 Å². The van der Waals surface area contributed by atoms with Crippen LogP contribution in [0.3, 0.4) is 0 Å². The number of pyridine rings is 1. The average Bonchev–Trinajstić information content (AvgIpc) is 3.58. The van der Waals surface area contributed by atoms with Gasteiger partial charge >= 0.3 is 0 Å². The lowest BCUT2D eigenvalue weighted by atomic mass is 10.0. The zero-order valence-corrected chi connectivity index (χ0v) is 24.2. The first kappa shape index (κ1) is 29.5. The monoisotopic (exact) mass is 603 g/mol. The van der Waals surface area contributed by atoms with E-state index in [0.717, 1.165) is 27.2 Å². The number of fused-ring (bicyclic) bond motifs is 2. The van der Waals surface area contributed by atoms with Crippen LogP contribution in [-0.4, -0.2) is 58.6 Å². The third-order valence-electron chi connectivity index (χ3n) is 7.71. The van der Waals surface area contributed by atoms with Gasteiger partial charge in [0.25, 0.3) is 11.8 Å². The number of carbonyl (C=O) groups excluding carboxylic acids is 5. The molecule has 2 aliphatic heterocycles. The van der Waals surface area contributed by atoms with E-state index in [1.54, 1.807) is 24.5 Å². The molecule has 0 radical (unpaired) electrons. The van der Waals surface area contributed by atoms with Gasteiger partial charge in [-0.25, -0.2) is 0 Å². The Balaban J connectivity index is 1.02. The number of furan rings is 1. The molecule has 5 amide bonds. The Morgan fingerprint density at radius 1 is 1.04 bits per heavy atom. The minimum atomic E-state index is -1.04. The van der Waals surface area contributed by atoms with Crippen LogP contribution in [0.1, 0.15) is 69.3 Å². The molecule has 2 atom stereocenters. The molecule has 4 heterocycles. The van der Waals surface area contributed by atoms with Gasteiger partial charge in [0.05, 0.1) is 17.2 Å². The summed E-state index contributed by atoms with van der Waals surface area (Å²) in [7, 11) is 0. The number of amides is 5. The van der Waals surface area contributed by atoms with Crippen LogP contribution in [0.4, 0.5) is 0 Å². The van der Waals surface area contributed by atoms with E-state index in [4.69, 9.17) is 4.42 Å². The van der Waals surface area contributed by atoms with Crippen LogP contribution in [0.5, 0.6) is 0 Å². The normalized spacial score (nSPS) is 16.6. The van der Waals surface area contributed by atoms with Crippen LogP contribution < -0.4 is 16.0 Å². The van der Waals surface area contributed by atoms with Crippen molar-refractivity contribution in [1.29, 1.82) is 0 Å². The number of aromatic nitrogens is 1. The molecule has 1 fully saturated rings. The van der Waals surface area contributed by atoms with Crippen molar-refractivity contribution in [2.24, 2.45) is 0 Å². The molecule has 2 aromatic carbocycles. The molecule has 3 N–H and O–H groups in total. The highest BCUT2D eigenvalue weighted by molar-refractivity contribution is 6.24. The Bertz CT molecular complexity index is 1840. The molecule has 226 valence electrons. The van der Waals surface area contributed by atoms with Gasteiger partial charge in [-0.15, -0.1) is 0 Å². The Labute approximate surface area is 258 Å². The average molecular weight is 604 g/mol. The van der Waals surface area contributed by atoms with E-state index >= 15 is 0 Å². The van der Waals surface area contributed by atoms with E-state index in [9.17, 15) is 24.0 Å². The molecule has 4 aromatic rings. The standard InChI is InChI=1S/C34H29N5O6/c40-28(15-18-37-31(23-10-6-16-35-20-23)27-19-22-8-1-2-12-26(22)45-27)36-17-4-3-7-21-9-5-11-24-30(21)34(44)39(33(24)43)25-13-14-29(41)38-32(25)42/h1-2,5-6,8-12,16,19-20,25,31,37H,4,13-15,17-18H2,(H,36,40)(H,38,41,42). The van der Waals surface area contributed by atoms with E-state index in [1.807, 2.05) is 42.5 Å². The maximum absolute atomic E-state index is 13.2. The van der Waals surface area contributed by atoms with E-state index in [-0.39, 0.29) is 42.3 Å². The Morgan fingerprint density at radius 2 is 1.91 bits per heavy atom. The minimum absolute atomic E-state index is 0.0463. The van der Waals surface area contributed by atoms with Gasteiger partial charge in [-0.3, -0.25) is 39.2 Å². The van der Waals surface area contributed by atoms with E-state index in [2.05, 4.69) is 32.8 Å². The summed E-state index contributed by atoms with van der Waals surface area (Å²) in [5, 5.41) is 9.43. The first-order valence-electron chi connectivity index (χ1n) is 14.6. The highest BCUT2D eigenvalue weighted by atomic mass is 16.3. The molecule has 0 bridgehead atoms. The fourth-order valence-electron chi connectivity index (χ4n) is 5.53. The highest BCUT2D eigenvalue weighted by Crippen LogP contribution is 2.30. The summed E-state index contributed by atoms with van der Waals surface area (Å²) in [6, 6.07) is 17.0. The summed E-state index contributed by atoms with van der Waals surface area (Å²) in [5.74, 6) is 4.18. The first-order chi connectivity index (χ1) is 21.9. The summed E-state index contributed by atoms with van der Waals surface area (Å²) >= 11 is 0. The number of imide groups is 2. The summed E-state index contributed by atoms with van der Waals surface area (Å²) in [6.07, 6.45) is 4.14. The molecular formula is C34H29N5O6. The minimum Gasteiger partial charge on any atom is -0.459 e. The third-order valence-corrected chi connectivity index (χ3v) is 7.71. The Kier molecular flexibility index (Phi) is 8.48. The van der Waals surface area contributed by atoms with Crippen molar-refractivity contribution >= 4 is 40.5 Å². The maximum atomic E-state index is 13.2. The number of hydrogen-bond acceptors (Lipinski definition) is 8. The van der Waals surface area contributed by atoms with Crippen LogP contribution >= 0.6 is 0 Å². The fraction of sp³-hybridized carbons (Fsp3) is 0.235. The molecule has 2 unspecified atom stereocenters. The second-order valence-electron chi connectivity index (χ2n) is 10.7. The third kappa shape index (κ3) is 6.23. The number of carbonyl (C=O) groups is 5. The molecule has 11 nitrogen and oxygen atoms in total. The maximum Gasteiger partial charge on any atom is 0.263 e. The van der Waals surface area contributed by atoms with Crippen molar-refractivity contribution in [1.82, 2.24) is 25.8 Å². The van der Waals surface area contributed by atoms with E-state index in [1.165, 1.54) is 6.07 Å². The van der Waals surface area contributed by atoms with Gasteiger partial charge in [0, 0.05) is 55.7 Å². The summed E-state index contributed by atoms with van der Waals surface area (Å²) < 4.78 is 6.08. The van der Waals surface area contributed by atoms with Gasteiger partial charge in [-0.2, -0.15) is 0 Å². The van der Waals surface area contributed by atoms with E-state index < -0.39 is 29.7 Å². The lowest BCUT2D eigenvalue weighted by molar-refractivity contribution is -0.136. The van der Waals surface area contributed by atoms with Crippen molar-refractivity contribution < 1.29 is 28.4 Å². The summed E-state index contributed by atoms with van der Waals surface area (Å²) in [6.45, 7) is 0.690. The van der Waals surface area contributed by atoms with Crippen molar-refractivity contribution in [3.63, 3.8) is 0 Å². The van der Waals surface area contributed by atoms with Gasteiger partial charge in [0.2, 0.25) is 17.7 Å². The molecule has 45 heavy (non-hydrogen) atoms. The SMILES string of the molecule is O=C(CCNC(c1cccnc1)c1cc2ccccc2o1)NCCC#Cc1cccc2c1C(=O)N(C1CCC(=O)NC1=O)C2=O. The quantitative estimate of drug-likeness (QED) is 0.150. The number of hydrogen-bond donors (Lipinski definition) is 3. The molecule has 0 saturated carbocycles. The predicted octanol–water partition coefficient (Wildman–Crippen LogP) is 2.86. The molecule has 2 aliphatic rings. The van der Waals surface area contributed by atoms with Gasteiger partial charge < -0.3 is 15.1 Å². The molecule has 6 rings (SSSR count). The number of nitrogens with one attached hydrogen (secondary N) is 3. The van der Waals surface area contributed by atoms with E-state index in [0.29, 0.717) is 25.1 Å². The number of rotatable bonds is 9. The van der Waals surface area contributed by atoms with Crippen molar-refractivity contribution in [2.75, 3.05) is 13.1 Å². The molecule has 2 aromatic heterocycles. The number of nitrogens with zero attached hydrogens (tertiary/aromatic N) is 2. The van der Waals surface area contributed by atoms with Gasteiger partial charge in [-0.05, 0) is 42.3 Å². The topological polar surface area (TPSA) is 151 Å². The fourth-order valence-corrected chi connectivity index (χ4v) is 5.53. The zero-order valence-electron chi connectivity index (χ0n) is 24.2. The Morgan fingerprint density at radius 3 is 2.71 bits per heavy atom. The smallest absolute Gasteiger partial charge is 0.263 e. The predicted molar refractivity (Wildman–Crippen MR) is 163 cm³/mol. The highest BCUT2D eigenvalue weighted by Gasteiger charge is 2.45. The number of para-hydroxylation sites is 1. The second-order valence-corrected chi connectivity index (χ2v) is 10.7. The van der Waals surface area contributed by atoms with Gasteiger partial charge in [-0.1, -0.05) is 42.2 Å². The van der Waals surface area contributed by atoms with Gasteiger partial charge in [0.1, 0.15) is 17.4 Å². The van der Waals surface area contributed by atoms with Gasteiger partial charge in [0.15, 0.2) is 0 Å². The van der Waals surface area contributed by atoms with Crippen LogP contribution in [-0.2, 0) is 14.4 Å².